The van der Waals surface area contributed by atoms with E-state index in [1.807, 2.05) is 77.1 Å². The number of aliphatic hydroxyl groups is 3. The SMILES string of the molecule is CO[C@H]1C[C@@H]2CC[C@@H](C)[C@@](O)(O2)C(=O)C(=O)N2CCCC[C@H]2C(=O)OC([C@H](C)C[C@@H]2CC[C@@H](O)[C@H](OC)C2)C[C@@H](OC)[C@H](C)/C=C(\C)[C@@H](O)[C@@H](OC)/C(=N/OCc2cn(CCOCCOCCOCCOCCNC(=O)CCCC(=O)NCCCCn3nc(-c4ccc5oc(N)nc5c4)c4c(N)ncnc43)nn2)[C@H](C)C[C@H](C)/C=C/C=C/C=C/1C. The fourth-order valence-corrected chi connectivity index (χ4v) is 16.3. The van der Waals surface area contributed by atoms with Gasteiger partial charge in [-0.1, -0.05) is 81.4 Å². The van der Waals surface area contributed by atoms with Gasteiger partial charge in [0.2, 0.25) is 17.6 Å². The number of aryl methyl sites for hydroxylation is 1. The number of ketones is 1. The van der Waals surface area contributed by atoms with Gasteiger partial charge < -0.3 is 98.9 Å². The molecule has 120 heavy (non-hydrogen) atoms. The van der Waals surface area contributed by atoms with E-state index in [9.17, 15) is 39.3 Å². The number of rotatable bonds is 35. The van der Waals surface area contributed by atoms with E-state index in [1.54, 1.807) is 49.9 Å². The van der Waals surface area contributed by atoms with E-state index < -0.39 is 78.1 Å². The normalized spacial score (nSPS) is 28.2. The Bertz CT molecular complexity index is 4220. The Morgan fingerprint density at radius 2 is 1.49 bits per heavy atom. The first kappa shape index (κ1) is 95.3. The molecule has 664 valence electrons. The van der Waals surface area contributed by atoms with E-state index in [0.717, 1.165) is 17.6 Å². The molecule has 3 fully saturated rings. The standard InChI is InChI=1S/C86H130N14O20/c1-54-20-13-12-14-21-55(2)69(109-8)49-64-28-25-60(7)86(108,120-64)80(105)83(106)99-33-17-15-22-66(99)84(107)118-71(57(4)46-61-26-29-67(101)72(47-61)111-10)50-70(110-9)56(3)45-59(6)78(104)79(112-11)76(58(5)44-54)96-117-52-63-51-98(97-94-63)35-37-114-39-41-116-43-42-115-40-38-113-36-32-90-74(103)24-19-23-73(102)89-31-16-18-34-100-82-75(81(87)91-53-92-82)77(95-100)62-27-30-68-65(48-62)93-85(88)119-68/h12-14,20-21,27,30,45,48,51,53-54,56-58,60-61,64,66-67,69-72,78-79,101,104,108H,15-19,22-26,28-29,31-44,46-47,49-50,52H2,1-11H3,(H2,88,93)(H,89,102)(H,90,103)(H2,87,91,92)/b14-12+,20-13+,55-21+,59-45+,96-76+/t54-,56-,57-,58-,60-,61+,64+,66+,67-,69+,70-,71?,72-,78-,79+,86-/m1/s1. The molecule has 2 saturated heterocycles. The van der Waals surface area contributed by atoms with Crippen molar-refractivity contribution >= 4 is 69.2 Å². The van der Waals surface area contributed by atoms with Crippen molar-refractivity contribution < 1.29 is 95.9 Å². The van der Waals surface area contributed by atoms with Gasteiger partial charge in [-0.2, -0.15) is 10.1 Å². The number of nitrogens with two attached hydrogens (primary N) is 2. The third kappa shape index (κ3) is 27.7. The minimum absolute atomic E-state index is 0.0163. The molecule has 3 aliphatic heterocycles. The van der Waals surface area contributed by atoms with Crippen molar-refractivity contribution in [2.75, 3.05) is 112 Å². The number of Topliss-reactive ketones (excluding diaryl/α,β-unsaturated/α-hetero) is 1. The summed E-state index contributed by atoms with van der Waals surface area (Å²) in [6.07, 6.45) is 17.7. The summed E-state index contributed by atoms with van der Waals surface area (Å²) in [5.41, 5.74) is 17.6. The number of esters is 1. The molecule has 9 rings (SSSR count). The van der Waals surface area contributed by atoms with Gasteiger partial charge in [0.15, 0.2) is 17.8 Å². The molecule has 34 nitrogen and oxygen atoms in total. The largest absolute Gasteiger partial charge is 0.460 e. The summed E-state index contributed by atoms with van der Waals surface area (Å²) >= 11 is 0. The molecule has 3 amide bonds. The van der Waals surface area contributed by atoms with Crippen LogP contribution in [-0.4, -0.2) is 257 Å². The Hall–Kier alpha value is -8.52. The number of anilines is 2. The molecule has 16 atom stereocenters. The molecule has 1 aliphatic carbocycles. The second-order valence-electron chi connectivity index (χ2n) is 32.3. The zero-order chi connectivity index (χ0) is 86.3. The van der Waals surface area contributed by atoms with Crippen molar-refractivity contribution in [3.05, 3.63) is 84.0 Å². The number of oxime groups is 1. The molecule has 4 aromatic heterocycles. The number of carbonyl (C=O) groups is 5. The third-order valence-corrected chi connectivity index (χ3v) is 23.2. The lowest BCUT2D eigenvalue weighted by Gasteiger charge is -2.43. The molecule has 4 aliphatic rings. The molecule has 1 unspecified atom stereocenters. The number of oxazole rings is 1. The van der Waals surface area contributed by atoms with Crippen LogP contribution in [0.1, 0.15) is 163 Å². The number of methoxy groups -OCH3 is 4. The smallest absolute Gasteiger partial charge is 0.329 e. The maximum atomic E-state index is 14.9. The summed E-state index contributed by atoms with van der Waals surface area (Å²) in [6, 6.07) is 4.42. The highest BCUT2D eigenvalue weighted by atomic mass is 16.6. The maximum Gasteiger partial charge on any atom is 0.329 e. The van der Waals surface area contributed by atoms with Crippen molar-refractivity contribution in [2.45, 2.75) is 238 Å². The van der Waals surface area contributed by atoms with E-state index in [2.05, 4.69) is 48.9 Å². The lowest BCUT2D eigenvalue weighted by molar-refractivity contribution is -0.265. The molecule has 34 heteroatoms. The van der Waals surface area contributed by atoms with Gasteiger partial charge in [-0.25, -0.2) is 24.1 Å². The van der Waals surface area contributed by atoms with Gasteiger partial charge in [-0.15, -0.1) is 5.10 Å². The molecule has 5 aromatic rings. The highest BCUT2D eigenvalue weighted by Gasteiger charge is 2.53. The van der Waals surface area contributed by atoms with Gasteiger partial charge in [0.05, 0.1) is 107 Å². The zero-order valence-corrected chi connectivity index (χ0v) is 71.8. The van der Waals surface area contributed by atoms with Crippen LogP contribution in [0, 0.1) is 35.5 Å². The molecular weight excluding hydrogens is 1550 g/mol. The number of carbonyl (C=O) groups excluding carboxylic acids is 5. The van der Waals surface area contributed by atoms with Crippen LogP contribution in [0.15, 0.2) is 87.9 Å². The second-order valence-corrected chi connectivity index (χ2v) is 32.3. The molecule has 1 saturated carbocycles. The summed E-state index contributed by atoms with van der Waals surface area (Å²) in [5.74, 6) is -6.64. The Morgan fingerprint density at radius 3 is 2.22 bits per heavy atom. The number of aliphatic hydroxyl groups excluding tert-OH is 2. The van der Waals surface area contributed by atoms with E-state index in [4.69, 9.17) is 78.3 Å². The number of hydrogen-bond acceptors (Lipinski definition) is 29. The number of nitrogen functional groups attached to an aromatic ring is 2. The monoisotopic (exact) mass is 1680 g/mol. The Morgan fingerprint density at radius 1 is 0.767 bits per heavy atom. The van der Waals surface area contributed by atoms with Gasteiger partial charge in [-0.05, 0) is 144 Å². The highest BCUT2D eigenvalue weighted by molar-refractivity contribution is 6.39. The van der Waals surface area contributed by atoms with Crippen LogP contribution in [-0.2, 0) is 95.9 Å². The maximum absolute atomic E-state index is 14.9. The van der Waals surface area contributed by atoms with Gasteiger partial charge in [0, 0.05) is 104 Å². The molecule has 0 radical (unpaired) electrons. The Balaban J connectivity index is 0.703. The van der Waals surface area contributed by atoms with Crippen LogP contribution in [0.3, 0.4) is 0 Å². The minimum Gasteiger partial charge on any atom is -0.460 e. The number of amides is 3. The number of allylic oxidation sites excluding steroid dienone is 5. The average Bonchev–Trinajstić information content (AvgIpc) is 1.12. The number of ether oxygens (including phenoxy) is 10. The van der Waals surface area contributed by atoms with Crippen LogP contribution in [0.2, 0.25) is 0 Å². The van der Waals surface area contributed by atoms with Crippen LogP contribution in [0.5, 0.6) is 0 Å². The predicted octanol–water partition coefficient (Wildman–Crippen LogP) is 8.28. The highest BCUT2D eigenvalue weighted by Crippen LogP contribution is 2.39. The number of fused-ring (bicyclic) bond motifs is 5. The van der Waals surface area contributed by atoms with Gasteiger partial charge >= 0.3 is 5.97 Å². The second kappa shape index (κ2) is 48.4. The predicted molar refractivity (Wildman–Crippen MR) is 448 cm³/mol. The molecule has 9 N–H and O–H groups in total. The summed E-state index contributed by atoms with van der Waals surface area (Å²) in [4.78, 5) is 89.1. The third-order valence-electron chi connectivity index (χ3n) is 23.2. The van der Waals surface area contributed by atoms with E-state index >= 15 is 0 Å². The molecule has 2 bridgehead atoms. The first-order valence-corrected chi connectivity index (χ1v) is 42.5. The number of unbranched alkanes of at least 4 members (excludes halogenated alkanes) is 1. The number of aromatic nitrogens is 8. The molecule has 0 spiro atoms. The number of piperidine rings is 1. The Labute approximate surface area is 703 Å². The van der Waals surface area contributed by atoms with Crippen molar-refractivity contribution in [3.8, 4) is 11.3 Å². The molecular formula is C86H130N14O20. The number of nitrogens with one attached hydrogen (secondary N) is 2. The van der Waals surface area contributed by atoms with Gasteiger partial charge in [0.1, 0.15) is 53.4 Å². The van der Waals surface area contributed by atoms with Gasteiger partial charge in [0.25, 0.3) is 17.7 Å². The number of hydrogen-bond donors (Lipinski definition) is 7. The van der Waals surface area contributed by atoms with Crippen LogP contribution < -0.4 is 22.1 Å². The van der Waals surface area contributed by atoms with Crippen LogP contribution in [0.25, 0.3) is 33.4 Å². The van der Waals surface area contributed by atoms with E-state index in [-0.39, 0.29) is 92.4 Å². The quantitative estimate of drug-likeness (QED) is 0.00659. The first-order valence-electron chi connectivity index (χ1n) is 42.5. The fourth-order valence-electron chi connectivity index (χ4n) is 16.3. The average molecular weight is 1680 g/mol. The zero-order valence-electron chi connectivity index (χ0n) is 71.8. The summed E-state index contributed by atoms with van der Waals surface area (Å²) < 4.78 is 68.6. The van der Waals surface area contributed by atoms with Crippen LogP contribution >= 0.6 is 0 Å². The summed E-state index contributed by atoms with van der Waals surface area (Å²) in [5, 5.41) is 59.9. The number of benzene rings is 1. The lowest BCUT2D eigenvalue weighted by Crippen LogP contribution is -2.61. The molecule has 7 heterocycles. The van der Waals surface area contributed by atoms with Crippen molar-refractivity contribution in [1.29, 1.82) is 0 Å². The topological polar surface area (TPSA) is 440 Å². The summed E-state index contributed by atoms with van der Waals surface area (Å²) in [7, 11) is 6.31. The molecule has 1 aromatic carbocycles. The van der Waals surface area contributed by atoms with Crippen molar-refractivity contribution in [1.82, 2.24) is 55.3 Å². The lowest BCUT2D eigenvalue weighted by atomic mass is 9.78. The first-order chi connectivity index (χ1) is 57.8. The van der Waals surface area contributed by atoms with Crippen molar-refractivity contribution in [3.63, 3.8) is 0 Å². The Kier molecular flexibility index (Phi) is 38.4. The van der Waals surface area contributed by atoms with Crippen LogP contribution in [0.4, 0.5) is 11.8 Å². The van der Waals surface area contributed by atoms with Crippen molar-refractivity contribution in [2.24, 2.45) is 40.7 Å². The minimum atomic E-state index is -2.44. The number of nitrogens with zero attached hydrogens (tertiary/aromatic N) is 10. The van der Waals surface area contributed by atoms with E-state index in [1.165, 1.54) is 18.3 Å². The number of cyclic esters (lactones) is 1. The van der Waals surface area contributed by atoms with E-state index in [0.29, 0.717) is 207 Å². The van der Waals surface area contributed by atoms with Gasteiger partial charge in [-0.3, -0.25) is 19.2 Å². The summed E-state index contributed by atoms with van der Waals surface area (Å²) in [6.45, 7) is 18.1. The fraction of sp³-hybridized carbons (Fsp3) is 0.674.